The van der Waals surface area contributed by atoms with Crippen molar-refractivity contribution < 1.29 is 4.79 Å². The zero-order chi connectivity index (χ0) is 17.1. The predicted octanol–water partition coefficient (Wildman–Crippen LogP) is 2.72. The Morgan fingerprint density at radius 3 is 2.68 bits per heavy atom. The fourth-order valence-corrected chi connectivity index (χ4v) is 2.93. The molecule has 7 nitrogen and oxygen atoms in total. The summed E-state index contributed by atoms with van der Waals surface area (Å²) in [6.45, 7) is 2.06. The number of aromatic amines is 1. The number of carbonyl (C=O) groups excluding carboxylic acids is 1. The normalized spacial score (nSPS) is 13.8. The van der Waals surface area contributed by atoms with Gasteiger partial charge in [-0.05, 0) is 37.1 Å². The Morgan fingerprint density at radius 1 is 1.08 bits per heavy atom. The predicted molar refractivity (Wildman–Crippen MR) is 95.5 cm³/mol. The lowest BCUT2D eigenvalue weighted by Gasteiger charge is -2.16. The number of H-pyrrole nitrogens is 1. The van der Waals surface area contributed by atoms with Crippen LogP contribution >= 0.6 is 0 Å². The van der Waals surface area contributed by atoms with Crippen molar-refractivity contribution in [1.82, 2.24) is 20.2 Å². The van der Waals surface area contributed by atoms with Crippen LogP contribution in [0, 0.1) is 0 Å². The van der Waals surface area contributed by atoms with E-state index in [0.717, 1.165) is 24.6 Å². The van der Waals surface area contributed by atoms with E-state index in [1.807, 2.05) is 24.3 Å². The van der Waals surface area contributed by atoms with Gasteiger partial charge < -0.3 is 10.2 Å². The van der Waals surface area contributed by atoms with E-state index in [9.17, 15) is 4.79 Å². The molecule has 0 saturated carbocycles. The minimum Gasteiger partial charge on any atom is -0.357 e. The molecule has 25 heavy (non-hydrogen) atoms. The summed E-state index contributed by atoms with van der Waals surface area (Å²) in [4.78, 5) is 23.4. The van der Waals surface area contributed by atoms with Crippen LogP contribution in [0.3, 0.4) is 0 Å². The lowest BCUT2D eigenvalue weighted by atomic mass is 10.2. The number of nitrogens with zero attached hydrogens (tertiary/aromatic N) is 4. The van der Waals surface area contributed by atoms with Crippen molar-refractivity contribution in [2.24, 2.45) is 0 Å². The number of rotatable bonds is 4. The minimum absolute atomic E-state index is 0.223. The van der Waals surface area contributed by atoms with Crippen LogP contribution in [-0.4, -0.2) is 39.2 Å². The average molecular weight is 334 g/mol. The number of aromatic nitrogens is 4. The van der Waals surface area contributed by atoms with Crippen LogP contribution in [0.15, 0.2) is 48.9 Å². The van der Waals surface area contributed by atoms with Gasteiger partial charge in [-0.25, -0.2) is 4.98 Å². The van der Waals surface area contributed by atoms with Crippen LogP contribution in [0.4, 0.5) is 11.5 Å². The zero-order valence-corrected chi connectivity index (χ0v) is 13.6. The van der Waals surface area contributed by atoms with E-state index in [0.29, 0.717) is 16.9 Å². The highest BCUT2D eigenvalue weighted by Gasteiger charge is 2.16. The van der Waals surface area contributed by atoms with E-state index < -0.39 is 0 Å². The molecule has 0 unspecified atom stereocenters. The number of nitrogens with one attached hydrogen (secondary N) is 2. The van der Waals surface area contributed by atoms with E-state index in [1.54, 1.807) is 24.7 Å². The largest absolute Gasteiger partial charge is 0.357 e. The highest BCUT2D eigenvalue weighted by atomic mass is 16.1. The quantitative estimate of drug-likeness (QED) is 0.766. The molecule has 0 atom stereocenters. The Morgan fingerprint density at radius 2 is 1.96 bits per heavy atom. The van der Waals surface area contributed by atoms with E-state index in [2.05, 4.69) is 30.4 Å². The molecule has 0 spiro atoms. The van der Waals surface area contributed by atoms with Crippen molar-refractivity contribution in [2.75, 3.05) is 23.3 Å². The SMILES string of the molecule is O=C(Nc1cn[nH]c1-c1ccccn1)c1ccc(N2CCCC2)nc1. The number of anilines is 2. The van der Waals surface area contributed by atoms with Gasteiger partial charge >= 0.3 is 0 Å². The van der Waals surface area contributed by atoms with E-state index in [4.69, 9.17) is 0 Å². The highest BCUT2D eigenvalue weighted by Crippen LogP contribution is 2.24. The molecule has 7 heteroatoms. The second-order valence-corrected chi connectivity index (χ2v) is 5.93. The van der Waals surface area contributed by atoms with Crippen molar-refractivity contribution in [2.45, 2.75) is 12.8 Å². The molecule has 1 fully saturated rings. The molecule has 1 amide bonds. The molecule has 4 heterocycles. The van der Waals surface area contributed by atoms with Gasteiger partial charge in [-0.15, -0.1) is 0 Å². The molecule has 1 aliphatic rings. The fourth-order valence-electron chi connectivity index (χ4n) is 2.93. The first kappa shape index (κ1) is 15.3. The third kappa shape index (κ3) is 3.21. The molecule has 126 valence electrons. The van der Waals surface area contributed by atoms with Gasteiger partial charge in [0.25, 0.3) is 5.91 Å². The van der Waals surface area contributed by atoms with Gasteiger partial charge in [-0.1, -0.05) is 6.07 Å². The fraction of sp³-hybridized carbons (Fsp3) is 0.222. The van der Waals surface area contributed by atoms with E-state index in [-0.39, 0.29) is 5.91 Å². The number of pyridine rings is 2. The van der Waals surface area contributed by atoms with Gasteiger partial charge in [-0.2, -0.15) is 5.10 Å². The molecule has 3 aromatic heterocycles. The molecule has 0 bridgehead atoms. The standard InChI is InChI=1S/C18H18N6O/c25-18(13-6-7-16(20-11-13)24-9-3-4-10-24)22-15-12-21-23-17(15)14-5-1-2-8-19-14/h1-2,5-8,11-12H,3-4,9-10H2,(H,21,23)(H,22,25). The van der Waals surface area contributed by atoms with Gasteiger partial charge in [0.15, 0.2) is 0 Å². The molecule has 1 saturated heterocycles. The maximum atomic E-state index is 12.5. The minimum atomic E-state index is -0.223. The lowest BCUT2D eigenvalue weighted by Crippen LogP contribution is -2.19. The molecule has 0 aliphatic carbocycles. The summed E-state index contributed by atoms with van der Waals surface area (Å²) >= 11 is 0. The van der Waals surface area contributed by atoms with Crippen LogP contribution in [-0.2, 0) is 0 Å². The van der Waals surface area contributed by atoms with Crippen LogP contribution in [0.25, 0.3) is 11.4 Å². The summed E-state index contributed by atoms with van der Waals surface area (Å²) in [6.07, 6.45) is 7.28. The lowest BCUT2D eigenvalue weighted by molar-refractivity contribution is 0.102. The Hall–Kier alpha value is -3.22. The molecule has 0 aromatic carbocycles. The zero-order valence-electron chi connectivity index (χ0n) is 13.6. The molecule has 1 aliphatic heterocycles. The summed E-state index contributed by atoms with van der Waals surface area (Å²) in [7, 11) is 0. The summed E-state index contributed by atoms with van der Waals surface area (Å²) in [5, 5.41) is 9.75. The first-order valence-electron chi connectivity index (χ1n) is 8.28. The molecule has 2 N–H and O–H groups in total. The maximum absolute atomic E-state index is 12.5. The average Bonchev–Trinajstić information content (AvgIpc) is 3.35. The van der Waals surface area contributed by atoms with Crippen molar-refractivity contribution >= 4 is 17.4 Å². The van der Waals surface area contributed by atoms with Gasteiger partial charge in [0.05, 0.1) is 23.1 Å². The Kier molecular flexibility index (Phi) is 4.12. The third-order valence-electron chi connectivity index (χ3n) is 4.25. The van der Waals surface area contributed by atoms with E-state index >= 15 is 0 Å². The molecular formula is C18H18N6O. The topological polar surface area (TPSA) is 86.8 Å². The number of hydrogen-bond donors (Lipinski definition) is 2. The van der Waals surface area contributed by atoms with Crippen LogP contribution in [0.1, 0.15) is 23.2 Å². The van der Waals surface area contributed by atoms with Gasteiger partial charge in [0.1, 0.15) is 11.5 Å². The molecular weight excluding hydrogens is 316 g/mol. The van der Waals surface area contributed by atoms with Crippen LogP contribution in [0.2, 0.25) is 0 Å². The first-order valence-corrected chi connectivity index (χ1v) is 8.28. The molecule has 4 rings (SSSR count). The second kappa shape index (κ2) is 6.72. The van der Waals surface area contributed by atoms with Crippen LogP contribution < -0.4 is 10.2 Å². The van der Waals surface area contributed by atoms with Crippen LogP contribution in [0.5, 0.6) is 0 Å². The van der Waals surface area contributed by atoms with Crippen molar-refractivity contribution in [1.29, 1.82) is 0 Å². The summed E-state index contributed by atoms with van der Waals surface area (Å²) < 4.78 is 0. The highest BCUT2D eigenvalue weighted by molar-refractivity contribution is 6.05. The first-order chi connectivity index (χ1) is 12.3. The number of amides is 1. The number of hydrogen-bond acceptors (Lipinski definition) is 5. The monoisotopic (exact) mass is 334 g/mol. The van der Waals surface area contributed by atoms with Crippen molar-refractivity contribution in [3.05, 3.63) is 54.5 Å². The Labute approximate surface area is 145 Å². The van der Waals surface area contributed by atoms with E-state index in [1.165, 1.54) is 12.8 Å². The summed E-state index contributed by atoms with van der Waals surface area (Å²) in [6, 6.07) is 9.28. The Bertz CT molecular complexity index is 853. The van der Waals surface area contributed by atoms with Gasteiger partial charge in [-0.3, -0.25) is 14.9 Å². The smallest absolute Gasteiger partial charge is 0.257 e. The van der Waals surface area contributed by atoms with Crippen molar-refractivity contribution in [3.8, 4) is 11.4 Å². The molecule has 3 aromatic rings. The third-order valence-corrected chi connectivity index (χ3v) is 4.25. The van der Waals surface area contributed by atoms with Crippen molar-refractivity contribution in [3.63, 3.8) is 0 Å². The maximum Gasteiger partial charge on any atom is 0.257 e. The number of carbonyl (C=O) groups is 1. The Balaban J connectivity index is 1.50. The van der Waals surface area contributed by atoms with Gasteiger partial charge in [0.2, 0.25) is 0 Å². The second-order valence-electron chi connectivity index (χ2n) is 5.93. The summed E-state index contributed by atoms with van der Waals surface area (Å²) in [5.41, 5.74) is 2.50. The summed E-state index contributed by atoms with van der Waals surface area (Å²) in [5.74, 6) is 0.700. The molecule has 0 radical (unpaired) electrons. The van der Waals surface area contributed by atoms with Gasteiger partial charge in [0, 0.05) is 25.5 Å².